The predicted octanol–water partition coefficient (Wildman–Crippen LogP) is 4.21. The van der Waals surface area contributed by atoms with E-state index in [-0.39, 0.29) is 41.5 Å². The Hall–Kier alpha value is -2.70. The smallest absolute Gasteiger partial charge is 0.302 e. The molecule has 1 saturated carbocycles. The molecule has 0 radical (unpaired) electrons. The number of fused-ring (bicyclic) bond motifs is 2. The second-order valence-electron chi connectivity index (χ2n) is 14.4. The van der Waals surface area contributed by atoms with Crippen LogP contribution in [0.3, 0.4) is 0 Å². The molecule has 0 aromatic carbocycles. The van der Waals surface area contributed by atoms with Crippen molar-refractivity contribution in [1.82, 2.24) is 5.32 Å². The normalized spacial score (nSPS) is 37.6. The van der Waals surface area contributed by atoms with Crippen molar-refractivity contribution >= 4 is 18.0 Å². The highest BCUT2D eigenvalue weighted by Gasteiger charge is 2.40. The van der Waals surface area contributed by atoms with Crippen LogP contribution >= 0.6 is 0 Å². The Kier molecular flexibility index (Phi) is 12.4. The number of hydrogen-bond acceptors (Lipinski definition) is 7. The van der Waals surface area contributed by atoms with Gasteiger partial charge in [0.25, 0.3) is 0 Å². The molecule has 9 atom stereocenters. The molecule has 0 aromatic rings. The quantitative estimate of drug-likeness (QED) is 0.244. The van der Waals surface area contributed by atoms with Crippen LogP contribution in [0.5, 0.6) is 0 Å². The first-order valence-corrected chi connectivity index (χ1v) is 17.6. The summed E-state index contributed by atoms with van der Waals surface area (Å²) in [6.45, 7) is 7.45. The van der Waals surface area contributed by atoms with Crippen molar-refractivity contribution in [1.29, 1.82) is 0 Å². The van der Waals surface area contributed by atoms with Crippen molar-refractivity contribution < 1.29 is 29.5 Å². The lowest BCUT2D eigenvalue weighted by molar-refractivity contribution is -0.704. The van der Waals surface area contributed by atoms with Crippen LogP contribution in [-0.4, -0.2) is 67.8 Å². The third-order valence-electron chi connectivity index (χ3n) is 11.3. The molecule has 8 heteroatoms. The standard InChI is InChI=1S/C38H54N3O5/c1-26-7-4-5-15-38(26)16-13-34(46-27(2)42)22-33(43)20-29(30-11-12-35(44)36(21-30)45-3)8-6-17-40-37-19-28(14-18-41-37)9-10-31-24-39-25-32(31)23-38/h4-5,7,15,24-26,28-30,34-37,40-41,44H,9-14,16-23H2,1-3H3/q+1/p+1/t26-,28?,29-,30?,34-,35?,36?,37?,38-/m1/s1. The average molecular weight is 634 g/mol. The summed E-state index contributed by atoms with van der Waals surface area (Å²) in [4.78, 5) is 30.6. The van der Waals surface area contributed by atoms with Gasteiger partial charge in [-0.25, -0.2) is 0 Å². The summed E-state index contributed by atoms with van der Waals surface area (Å²) in [6.07, 6.45) is 19.5. The number of nitrogens with two attached hydrogens (primary N) is 1. The number of ether oxygens (including phenoxy) is 2. The molecule has 3 heterocycles. The molecule has 250 valence electrons. The van der Waals surface area contributed by atoms with E-state index >= 15 is 0 Å². The zero-order valence-electron chi connectivity index (χ0n) is 28.1. The lowest BCUT2D eigenvalue weighted by Gasteiger charge is -2.37. The summed E-state index contributed by atoms with van der Waals surface area (Å²) in [5, 5.41) is 16.5. The third-order valence-corrected chi connectivity index (χ3v) is 11.3. The number of hydrogen-bond donors (Lipinski definition) is 3. The number of aliphatic imine (C=N–C) groups is 1. The minimum Gasteiger partial charge on any atom is -0.462 e. The lowest BCUT2D eigenvalue weighted by Crippen LogP contribution is -2.95. The van der Waals surface area contributed by atoms with Crippen molar-refractivity contribution in [2.24, 2.45) is 34.1 Å². The van der Waals surface area contributed by atoms with Gasteiger partial charge in [0.1, 0.15) is 30.2 Å². The molecule has 2 aliphatic carbocycles. The van der Waals surface area contributed by atoms with Crippen LogP contribution in [0.15, 0.2) is 40.4 Å². The molecule has 5 unspecified atom stereocenters. The minimum absolute atomic E-state index is 0.0696. The number of carbonyl (C=O) groups is 2. The Morgan fingerprint density at radius 3 is 2.85 bits per heavy atom. The molecule has 3 aliphatic heterocycles. The van der Waals surface area contributed by atoms with Gasteiger partial charge in [0.2, 0.25) is 0 Å². The zero-order chi connectivity index (χ0) is 32.5. The van der Waals surface area contributed by atoms with Crippen molar-refractivity contribution in [3.8, 4) is 11.8 Å². The molecule has 46 heavy (non-hydrogen) atoms. The Morgan fingerprint density at radius 2 is 2.04 bits per heavy atom. The number of aliphatic hydroxyl groups is 1. The minimum atomic E-state index is -0.485. The number of piperidine rings is 1. The fourth-order valence-corrected chi connectivity index (χ4v) is 8.37. The zero-order valence-corrected chi connectivity index (χ0v) is 28.1. The molecule has 1 saturated heterocycles. The van der Waals surface area contributed by atoms with Gasteiger partial charge in [-0.3, -0.25) is 14.9 Å². The Morgan fingerprint density at radius 1 is 1.17 bits per heavy atom. The van der Waals surface area contributed by atoms with E-state index in [0.717, 1.165) is 45.1 Å². The molecule has 0 amide bonds. The number of Topliss-reactive ketones (excluding diaryl/α,β-unsaturated/α-hetero) is 1. The molecule has 1 spiro atoms. The molecule has 2 fully saturated rings. The number of quaternary nitrogens is 1. The van der Waals surface area contributed by atoms with E-state index in [1.807, 2.05) is 6.21 Å². The van der Waals surface area contributed by atoms with Crippen LogP contribution in [0.2, 0.25) is 0 Å². The van der Waals surface area contributed by atoms with Crippen molar-refractivity contribution in [3.05, 3.63) is 42.0 Å². The number of carbonyl (C=O) groups excluding carboxylic acids is 2. The first-order valence-electron chi connectivity index (χ1n) is 17.6. The number of esters is 1. The van der Waals surface area contributed by atoms with Crippen LogP contribution in [0.25, 0.3) is 0 Å². The maximum Gasteiger partial charge on any atom is 0.302 e. The van der Waals surface area contributed by atoms with Gasteiger partial charge in [0.05, 0.1) is 30.9 Å². The molecule has 5 rings (SSSR count). The Bertz CT molecular complexity index is 1260. The highest BCUT2D eigenvalue weighted by molar-refractivity contribution is 5.84. The van der Waals surface area contributed by atoms with Gasteiger partial charge in [-0.2, -0.15) is 0 Å². The SMILES string of the molecule is COC1CC([C@@H]2C#CCNC3CC(CC[NH2+]3)CCC3=C(C=N[CH+]3)C[C@@]3(C=CC=C[C@H]3C)CC[C@@H](OC(C)=O)CC(=O)C2)CCC1O. The Labute approximate surface area is 275 Å². The molecule has 5 aliphatic rings. The summed E-state index contributed by atoms with van der Waals surface area (Å²) in [5.41, 5.74) is 2.50. The van der Waals surface area contributed by atoms with Gasteiger partial charge in [-0.15, -0.1) is 4.99 Å². The van der Waals surface area contributed by atoms with Gasteiger partial charge in [0.15, 0.2) is 6.21 Å². The predicted molar refractivity (Wildman–Crippen MR) is 179 cm³/mol. The molecule has 4 N–H and O–H groups in total. The van der Waals surface area contributed by atoms with Crippen molar-refractivity contribution in [2.45, 2.75) is 115 Å². The molecule has 8 nitrogen and oxygen atoms in total. The van der Waals surface area contributed by atoms with Crippen LogP contribution in [-0.2, 0) is 19.1 Å². The van der Waals surface area contributed by atoms with E-state index in [1.54, 1.807) is 7.11 Å². The molecule has 0 aromatic heterocycles. The van der Waals surface area contributed by atoms with E-state index in [0.29, 0.717) is 50.2 Å². The third kappa shape index (κ3) is 9.22. The van der Waals surface area contributed by atoms with E-state index < -0.39 is 12.2 Å². The Balaban J connectivity index is 1.40. The van der Waals surface area contributed by atoms with Gasteiger partial charge in [0, 0.05) is 57.5 Å². The highest BCUT2D eigenvalue weighted by atomic mass is 16.5. The van der Waals surface area contributed by atoms with E-state index in [1.165, 1.54) is 24.5 Å². The summed E-state index contributed by atoms with van der Waals surface area (Å²) >= 11 is 0. The summed E-state index contributed by atoms with van der Waals surface area (Å²) in [6, 6.07) is 0. The van der Waals surface area contributed by atoms with Crippen LogP contribution < -0.4 is 10.6 Å². The summed E-state index contributed by atoms with van der Waals surface area (Å²) in [7, 11) is 1.64. The van der Waals surface area contributed by atoms with Gasteiger partial charge >= 0.3 is 5.97 Å². The highest BCUT2D eigenvalue weighted by Crippen LogP contribution is 2.45. The van der Waals surface area contributed by atoms with E-state index in [9.17, 15) is 14.7 Å². The van der Waals surface area contributed by atoms with Crippen LogP contribution in [0.1, 0.15) is 90.9 Å². The number of methoxy groups -OCH3 is 1. The number of ketones is 1. The molecular formula is C38H55N3O5+2. The number of nitrogens with zero attached hydrogens (tertiary/aromatic N) is 1. The molecule has 2 bridgehead atoms. The second-order valence-corrected chi connectivity index (χ2v) is 14.4. The fraction of sp³-hybridized carbons (Fsp3) is 0.684. The van der Waals surface area contributed by atoms with Gasteiger partial charge in [-0.05, 0) is 62.7 Å². The largest absolute Gasteiger partial charge is 0.462 e. The first-order chi connectivity index (χ1) is 22.2. The summed E-state index contributed by atoms with van der Waals surface area (Å²) in [5.74, 6) is 7.55. The maximum atomic E-state index is 13.7. The summed E-state index contributed by atoms with van der Waals surface area (Å²) < 4.78 is 11.4. The lowest BCUT2D eigenvalue weighted by atomic mass is 9.66. The first kappa shape index (κ1) is 34.6. The van der Waals surface area contributed by atoms with E-state index in [2.05, 4.69) is 65.2 Å². The number of aliphatic hydroxyl groups excluding tert-OH is 1. The van der Waals surface area contributed by atoms with E-state index in [4.69, 9.17) is 9.47 Å². The van der Waals surface area contributed by atoms with Crippen LogP contribution in [0.4, 0.5) is 0 Å². The van der Waals surface area contributed by atoms with Gasteiger partial charge in [-0.1, -0.05) is 43.1 Å². The second kappa shape index (κ2) is 16.4. The number of allylic oxidation sites excluding steroid dienone is 5. The molecular weight excluding hydrogens is 578 g/mol. The maximum absolute atomic E-state index is 13.7. The monoisotopic (exact) mass is 633 g/mol. The van der Waals surface area contributed by atoms with Crippen molar-refractivity contribution in [2.75, 3.05) is 20.2 Å². The topological polar surface area (TPSA) is 114 Å². The fourth-order valence-electron chi connectivity index (χ4n) is 8.37. The average Bonchev–Trinajstić information content (AvgIpc) is 3.48. The van der Waals surface area contributed by atoms with Gasteiger partial charge < -0.3 is 19.9 Å². The number of rotatable bonds is 3. The number of nitrogens with one attached hydrogen (secondary N) is 1. The van der Waals surface area contributed by atoms with Crippen molar-refractivity contribution in [3.63, 3.8) is 0 Å². The van der Waals surface area contributed by atoms with Crippen LogP contribution in [0, 0.1) is 47.5 Å².